The summed E-state index contributed by atoms with van der Waals surface area (Å²) < 4.78 is 16.5. The number of amides is 2. The van der Waals surface area contributed by atoms with Gasteiger partial charge in [-0.3, -0.25) is 9.59 Å². The average Bonchev–Trinajstić information content (AvgIpc) is 3.54. The molecular formula is C22H19N3O5S. The second kappa shape index (κ2) is 8.37. The lowest BCUT2D eigenvalue weighted by Gasteiger charge is -2.26. The molecule has 4 aromatic rings. The van der Waals surface area contributed by atoms with Crippen LogP contribution in [0.5, 0.6) is 0 Å². The van der Waals surface area contributed by atoms with Gasteiger partial charge >= 0.3 is 0 Å². The van der Waals surface area contributed by atoms with E-state index in [4.69, 9.17) is 13.6 Å². The van der Waals surface area contributed by atoms with E-state index in [1.807, 2.05) is 29.6 Å². The summed E-state index contributed by atoms with van der Waals surface area (Å²) in [5, 5.41) is 6.10. The van der Waals surface area contributed by atoms with Crippen molar-refractivity contribution in [3.8, 4) is 10.8 Å². The molecule has 0 bridgehead atoms. The van der Waals surface area contributed by atoms with Gasteiger partial charge in [-0.25, -0.2) is 4.98 Å². The number of nitrogens with one attached hydrogen (secondary N) is 1. The van der Waals surface area contributed by atoms with Gasteiger partial charge in [-0.1, -0.05) is 12.1 Å². The maximum atomic E-state index is 13.1. The number of rotatable bonds is 5. The SMILES string of the molecule is O=C(Cc1csc(-c2ccco2)n1)Nc1c(C(=O)N2CCOCC2)oc2ccccc12. The quantitative estimate of drug-likeness (QED) is 0.510. The summed E-state index contributed by atoms with van der Waals surface area (Å²) in [7, 11) is 0. The molecule has 9 heteroatoms. The van der Waals surface area contributed by atoms with Crippen LogP contribution in [-0.2, 0) is 16.0 Å². The number of thiazole rings is 1. The van der Waals surface area contributed by atoms with Crippen LogP contribution in [0.15, 0.2) is 56.9 Å². The molecule has 0 atom stereocenters. The summed E-state index contributed by atoms with van der Waals surface area (Å²) in [6.45, 7) is 1.93. The Morgan fingerprint density at radius 2 is 1.97 bits per heavy atom. The lowest BCUT2D eigenvalue weighted by molar-refractivity contribution is -0.115. The molecule has 1 saturated heterocycles. The fraction of sp³-hybridized carbons (Fsp3) is 0.227. The zero-order chi connectivity index (χ0) is 21.2. The summed E-state index contributed by atoms with van der Waals surface area (Å²) in [5.41, 5.74) is 1.56. The van der Waals surface area contributed by atoms with E-state index >= 15 is 0 Å². The van der Waals surface area contributed by atoms with E-state index in [1.165, 1.54) is 11.3 Å². The van der Waals surface area contributed by atoms with Crippen LogP contribution in [0.3, 0.4) is 0 Å². The van der Waals surface area contributed by atoms with Crippen molar-refractivity contribution in [2.75, 3.05) is 31.6 Å². The molecule has 0 radical (unpaired) electrons. The molecule has 158 valence electrons. The van der Waals surface area contributed by atoms with Crippen molar-refractivity contribution in [1.29, 1.82) is 0 Å². The highest BCUT2D eigenvalue weighted by molar-refractivity contribution is 7.13. The second-order valence-electron chi connectivity index (χ2n) is 7.05. The molecule has 5 rings (SSSR count). The number of para-hydroxylation sites is 1. The molecule has 3 aromatic heterocycles. The van der Waals surface area contributed by atoms with Crippen molar-refractivity contribution in [3.63, 3.8) is 0 Å². The van der Waals surface area contributed by atoms with Crippen LogP contribution in [0.4, 0.5) is 5.69 Å². The summed E-state index contributed by atoms with van der Waals surface area (Å²) in [6, 6.07) is 10.9. The fourth-order valence-corrected chi connectivity index (χ4v) is 4.27. The van der Waals surface area contributed by atoms with Gasteiger partial charge in [0.2, 0.25) is 11.7 Å². The van der Waals surface area contributed by atoms with E-state index in [1.54, 1.807) is 23.3 Å². The molecule has 31 heavy (non-hydrogen) atoms. The van der Waals surface area contributed by atoms with E-state index in [-0.39, 0.29) is 24.0 Å². The third-order valence-corrected chi connectivity index (χ3v) is 5.88. The molecule has 0 unspecified atom stereocenters. The summed E-state index contributed by atoms with van der Waals surface area (Å²) in [4.78, 5) is 32.0. The number of anilines is 1. The monoisotopic (exact) mass is 437 g/mol. The van der Waals surface area contributed by atoms with E-state index in [2.05, 4.69) is 10.3 Å². The Hall–Kier alpha value is -3.43. The molecule has 8 nitrogen and oxygen atoms in total. The predicted octanol–water partition coefficient (Wildman–Crippen LogP) is 3.80. The number of carbonyl (C=O) groups excluding carboxylic acids is 2. The molecule has 0 saturated carbocycles. The number of hydrogen-bond acceptors (Lipinski definition) is 7. The topological polar surface area (TPSA) is 97.8 Å². The number of hydrogen-bond donors (Lipinski definition) is 1. The van der Waals surface area contributed by atoms with Crippen LogP contribution in [0.1, 0.15) is 16.2 Å². The van der Waals surface area contributed by atoms with E-state index in [0.29, 0.717) is 59.4 Å². The number of furan rings is 2. The van der Waals surface area contributed by atoms with Gasteiger partial charge < -0.3 is 23.8 Å². The van der Waals surface area contributed by atoms with E-state index < -0.39 is 0 Å². The predicted molar refractivity (Wildman–Crippen MR) is 115 cm³/mol. The summed E-state index contributed by atoms with van der Waals surface area (Å²) in [5.74, 6) is 0.254. The average molecular weight is 437 g/mol. The fourth-order valence-electron chi connectivity index (χ4n) is 3.48. The molecule has 0 spiro atoms. The smallest absolute Gasteiger partial charge is 0.291 e. The van der Waals surface area contributed by atoms with Crippen LogP contribution in [0.25, 0.3) is 21.7 Å². The van der Waals surface area contributed by atoms with E-state index in [0.717, 1.165) is 0 Å². The zero-order valence-corrected chi connectivity index (χ0v) is 17.3. The van der Waals surface area contributed by atoms with Gasteiger partial charge in [-0.05, 0) is 24.3 Å². The Morgan fingerprint density at radius 3 is 2.77 bits per heavy atom. The highest BCUT2D eigenvalue weighted by Crippen LogP contribution is 2.32. The Bertz CT molecular complexity index is 1220. The normalized spacial score (nSPS) is 14.1. The van der Waals surface area contributed by atoms with Crippen LogP contribution < -0.4 is 5.32 Å². The number of benzene rings is 1. The molecule has 1 aromatic carbocycles. The zero-order valence-electron chi connectivity index (χ0n) is 16.5. The lowest BCUT2D eigenvalue weighted by Crippen LogP contribution is -2.40. The number of ether oxygens (including phenoxy) is 1. The number of morpholine rings is 1. The first kappa shape index (κ1) is 19.5. The minimum atomic E-state index is -0.279. The van der Waals surface area contributed by atoms with Gasteiger partial charge in [0.15, 0.2) is 10.8 Å². The molecule has 1 N–H and O–H groups in total. The Kier molecular flexibility index (Phi) is 5.27. The van der Waals surface area contributed by atoms with Gasteiger partial charge in [-0.15, -0.1) is 11.3 Å². The highest BCUT2D eigenvalue weighted by atomic mass is 32.1. The van der Waals surface area contributed by atoms with Crippen molar-refractivity contribution in [2.45, 2.75) is 6.42 Å². The van der Waals surface area contributed by atoms with Crippen LogP contribution >= 0.6 is 11.3 Å². The molecule has 2 amide bonds. The Morgan fingerprint density at radius 1 is 1.13 bits per heavy atom. The largest absolute Gasteiger partial charge is 0.462 e. The standard InChI is InChI=1S/C22H19N3O5S/c26-18(12-14-13-31-21(23-14)17-6-3-9-29-17)24-19-15-4-1-2-5-16(15)30-20(19)22(27)25-7-10-28-11-8-25/h1-6,9,13H,7-8,10-12H2,(H,24,26). The Balaban J connectivity index is 1.39. The van der Waals surface area contributed by atoms with Crippen molar-refractivity contribution >= 4 is 39.8 Å². The van der Waals surface area contributed by atoms with Crippen LogP contribution in [0.2, 0.25) is 0 Å². The van der Waals surface area contributed by atoms with Gasteiger partial charge in [0.05, 0.1) is 31.6 Å². The third-order valence-electron chi connectivity index (χ3n) is 4.98. The highest BCUT2D eigenvalue weighted by Gasteiger charge is 2.27. The molecule has 1 aliphatic heterocycles. The molecule has 4 heterocycles. The lowest BCUT2D eigenvalue weighted by atomic mass is 10.2. The van der Waals surface area contributed by atoms with E-state index in [9.17, 15) is 9.59 Å². The molecular weight excluding hydrogens is 418 g/mol. The first-order chi connectivity index (χ1) is 15.2. The van der Waals surface area contributed by atoms with Crippen LogP contribution in [0, 0.1) is 0 Å². The van der Waals surface area contributed by atoms with Gasteiger partial charge in [0.1, 0.15) is 11.3 Å². The summed E-state index contributed by atoms with van der Waals surface area (Å²) in [6.07, 6.45) is 1.65. The maximum absolute atomic E-state index is 13.1. The van der Waals surface area contributed by atoms with Gasteiger partial charge in [0, 0.05) is 23.9 Å². The molecule has 1 fully saturated rings. The second-order valence-corrected chi connectivity index (χ2v) is 7.91. The van der Waals surface area contributed by atoms with Gasteiger partial charge in [-0.2, -0.15) is 0 Å². The number of fused-ring (bicyclic) bond motifs is 1. The number of carbonyl (C=O) groups is 2. The maximum Gasteiger partial charge on any atom is 0.291 e. The first-order valence-corrected chi connectivity index (χ1v) is 10.7. The summed E-state index contributed by atoms with van der Waals surface area (Å²) >= 11 is 1.41. The number of nitrogens with zero attached hydrogens (tertiary/aromatic N) is 2. The van der Waals surface area contributed by atoms with Crippen molar-refractivity contribution in [2.24, 2.45) is 0 Å². The van der Waals surface area contributed by atoms with Crippen molar-refractivity contribution < 1.29 is 23.2 Å². The number of aromatic nitrogens is 1. The van der Waals surface area contributed by atoms with Crippen LogP contribution in [-0.4, -0.2) is 48.0 Å². The van der Waals surface area contributed by atoms with Crippen molar-refractivity contribution in [1.82, 2.24) is 9.88 Å². The molecule has 0 aliphatic carbocycles. The third kappa shape index (κ3) is 3.97. The minimum absolute atomic E-state index is 0.0713. The van der Waals surface area contributed by atoms with Gasteiger partial charge in [0.25, 0.3) is 5.91 Å². The Labute approximate surface area is 181 Å². The minimum Gasteiger partial charge on any atom is -0.462 e. The first-order valence-electron chi connectivity index (χ1n) is 9.86. The molecule has 1 aliphatic rings. The van der Waals surface area contributed by atoms with Crippen molar-refractivity contribution in [3.05, 3.63) is 59.5 Å².